The fourth-order valence-electron chi connectivity index (χ4n) is 3.02. The number of hydrogen-bond acceptors (Lipinski definition) is 4. The average molecular weight is 470 g/mol. The smallest absolute Gasteiger partial charge is 0.283 e. The molecule has 3 aromatic carbocycles. The molecule has 3 amide bonds. The van der Waals surface area contributed by atoms with Crippen LogP contribution in [-0.4, -0.2) is 17.7 Å². The van der Waals surface area contributed by atoms with Gasteiger partial charge in [0.25, 0.3) is 17.7 Å². The Kier molecular flexibility index (Phi) is 5.94. The molecule has 0 saturated carbocycles. The lowest BCUT2D eigenvalue weighted by atomic mass is 10.2. The number of carbonyl (C=O) groups is 3. The van der Waals surface area contributed by atoms with Gasteiger partial charge in [-0.05, 0) is 72.8 Å². The van der Waals surface area contributed by atoms with E-state index in [-0.39, 0.29) is 22.3 Å². The van der Waals surface area contributed by atoms with Gasteiger partial charge in [-0.1, -0.05) is 23.2 Å². The van der Waals surface area contributed by atoms with Gasteiger partial charge in [0.15, 0.2) is 0 Å². The molecule has 160 valence electrons. The van der Waals surface area contributed by atoms with Crippen LogP contribution < -0.4 is 15.5 Å². The third kappa shape index (κ3) is 4.34. The van der Waals surface area contributed by atoms with Crippen molar-refractivity contribution < 1.29 is 18.8 Å². The lowest BCUT2D eigenvalue weighted by molar-refractivity contribution is -0.120. The van der Waals surface area contributed by atoms with Crippen LogP contribution in [0.4, 0.5) is 21.5 Å². The molecule has 6 nitrogen and oxygen atoms in total. The van der Waals surface area contributed by atoms with Crippen LogP contribution >= 0.6 is 23.2 Å². The highest BCUT2D eigenvalue weighted by Gasteiger charge is 2.38. The molecule has 0 radical (unpaired) electrons. The minimum Gasteiger partial charge on any atom is -0.350 e. The SMILES string of the molecule is O=C(Nc1ccc(Cl)cc1)c1ccc(NC2=C(Cl)C(=O)N(c3ccc(F)cc3)C2=O)cc1. The largest absolute Gasteiger partial charge is 0.350 e. The van der Waals surface area contributed by atoms with Crippen molar-refractivity contribution in [3.8, 4) is 0 Å². The molecule has 0 fully saturated rings. The molecule has 1 aliphatic rings. The van der Waals surface area contributed by atoms with Gasteiger partial charge in [0.05, 0.1) is 5.69 Å². The standard InChI is InChI=1S/C23H14Cl2FN3O3/c24-14-3-9-17(10-4-14)28-21(30)13-1-7-16(8-2-13)27-20-19(25)22(31)29(23(20)32)18-11-5-15(26)6-12-18/h1-12,27H,(H,28,30). The van der Waals surface area contributed by atoms with Crippen LogP contribution in [0.15, 0.2) is 83.5 Å². The van der Waals surface area contributed by atoms with Crippen LogP contribution in [0.3, 0.4) is 0 Å². The fourth-order valence-corrected chi connectivity index (χ4v) is 3.36. The van der Waals surface area contributed by atoms with Gasteiger partial charge in [0.2, 0.25) is 0 Å². The van der Waals surface area contributed by atoms with Crippen LogP contribution in [0.5, 0.6) is 0 Å². The van der Waals surface area contributed by atoms with Crippen LogP contribution in [0.1, 0.15) is 10.4 Å². The second-order valence-electron chi connectivity index (χ2n) is 6.77. The number of carbonyl (C=O) groups excluding carboxylic acids is 3. The second kappa shape index (κ2) is 8.82. The summed E-state index contributed by atoms with van der Waals surface area (Å²) in [5, 5.41) is 5.84. The molecule has 0 spiro atoms. The predicted octanol–water partition coefficient (Wildman–Crippen LogP) is 5.17. The summed E-state index contributed by atoms with van der Waals surface area (Å²) < 4.78 is 13.2. The van der Waals surface area contributed by atoms with Gasteiger partial charge in [-0.2, -0.15) is 0 Å². The number of halogens is 3. The van der Waals surface area contributed by atoms with Crippen LogP contribution in [0, 0.1) is 5.82 Å². The second-order valence-corrected chi connectivity index (χ2v) is 7.59. The monoisotopic (exact) mass is 469 g/mol. The van der Waals surface area contributed by atoms with E-state index >= 15 is 0 Å². The first-order chi connectivity index (χ1) is 15.3. The highest BCUT2D eigenvalue weighted by atomic mass is 35.5. The first-order valence-electron chi connectivity index (χ1n) is 9.31. The Morgan fingerprint density at radius 2 is 1.38 bits per heavy atom. The summed E-state index contributed by atoms with van der Waals surface area (Å²) in [6.07, 6.45) is 0. The zero-order valence-corrected chi connectivity index (χ0v) is 17.7. The van der Waals surface area contributed by atoms with Crippen molar-refractivity contribution >= 4 is 58.0 Å². The minimum absolute atomic E-state index is 0.112. The molecule has 4 rings (SSSR count). The lowest BCUT2D eigenvalue weighted by Gasteiger charge is -2.15. The maximum absolute atomic E-state index is 13.2. The van der Waals surface area contributed by atoms with E-state index in [0.29, 0.717) is 22.0 Å². The van der Waals surface area contributed by atoms with Crippen LogP contribution in [-0.2, 0) is 9.59 Å². The molecular formula is C23H14Cl2FN3O3. The van der Waals surface area contributed by atoms with E-state index in [4.69, 9.17) is 23.2 Å². The maximum Gasteiger partial charge on any atom is 0.283 e. The Labute approximate surface area is 192 Å². The highest BCUT2D eigenvalue weighted by molar-refractivity contribution is 6.53. The lowest BCUT2D eigenvalue weighted by Crippen LogP contribution is -2.32. The number of imide groups is 1. The normalized spacial score (nSPS) is 13.5. The van der Waals surface area contributed by atoms with Crippen LogP contribution in [0.25, 0.3) is 0 Å². The van der Waals surface area contributed by atoms with E-state index in [1.807, 2.05) is 0 Å². The number of amides is 3. The van der Waals surface area contributed by atoms with Crippen molar-refractivity contribution in [1.29, 1.82) is 0 Å². The van der Waals surface area contributed by atoms with Crippen molar-refractivity contribution in [2.45, 2.75) is 0 Å². The highest BCUT2D eigenvalue weighted by Crippen LogP contribution is 2.30. The Bertz CT molecular complexity index is 1240. The van der Waals surface area contributed by atoms with Gasteiger partial charge >= 0.3 is 0 Å². The van der Waals surface area contributed by atoms with E-state index < -0.39 is 17.6 Å². The number of anilines is 3. The quantitative estimate of drug-likeness (QED) is 0.505. The zero-order valence-electron chi connectivity index (χ0n) is 16.2. The summed E-state index contributed by atoms with van der Waals surface area (Å²) in [7, 11) is 0. The molecule has 9 heteroatoms. The maximum atomic E-state index is 13.2. The molecule has 0 saturated heterocycles. The molecule has 0 bridgehead atoms. The predicted molar refractivity (Wildman–Crippen MR) is 121 cm³/mol. The van der Waals surface area contributed by atoms with Gasteiger partial charge in [-0.15, -0.1) is 0 Å². The van der Waals surface area contributed by atoms with E-state index in [2.05, 4.69) is 10.6 Å². The van der Waals surface area contributed by atoms with E-state index in [0.717, 1.165) is 17.0 Å². The molecular weight excluding hydrogens is 456 g/mol. The van der Waals surface area contributed by atoms with Gasteiger partial charge in [0, 0.05) is 22.0 Å². The summed E-state index contributed by atoms with van der Waals surface area (Å²) in [6.45, 7) is 0. The molecule has 0 aromatic heterocycles. The first kappa shape index (κ1) is 21.5. The first-order valence-corrected chi connectivity index (χ1v) is 10.1. The van der Waals surface area contributed by atoms with Gasteiger partial charge in [-0.3, -0.25) is 14.4 Å². The summed E-state index contributed by atoms with van der Waals surface area (Å²) in [5.74, 6) is -2.21. The topological polar surface area (TPSA) is 78.5 Å². The van der Waals surface area contributed by atoms with Gasteiger partial charge in [0.1, 0.15) is 16.5 Å². The Hall–Kier alpha value is -3.68. The van der Waals surface area contributed by atoms with Crippen molar-refractivity contribution in [3.63, 3.8) is 0 Å². The number of hydrogen-bond donors (Lipinski definition) is 2. The summed E-state index contributed by atoms with van der Waals surface area (Å²) in [6, 6.07) is 17.9. The molecule has 1 heterocycles. The molecule has 2 N–H and O–H groups in total. The molecule has 0 atom stereocenters. The third-order valence-corrected chi connectivity index (χ3v) is 5.23. The van der Waals surface area contributed by atoms with Crippen molar-refractivity contribution in [2.75, 3.05) is 15.5 Å². The average Bonchev–Trinajstić information content (AvgIpc) is 3.00. The van der Waals surface area contributed by atoms with Gasteiger partial charge < -0.3 is 10.6 Å². The Balaban J connectivity index is 1.47. The number of benzene rings is 3. The zero-order chi connectivity index (χ0) is 22.8. The molecule has 1 aliphatic heterocycles. The summed E-state index contributed by atoms with van der Waals surface area (Å²) in [5.41, 5.74) is 1.51. The van der Waals surface area contributed by atoms with Crippen molar-refractivity contribution in [2.24, 2.45) is 0 Å². The number of nitrogens with one attached hydrogen (secondary N) is 2. The summed E-state index contributed by atoms with van der Waals surface area (Å²) >= 11 is 11.9. The molecule has 3 aromatic rings. The molecule has 0 unspecified atom stereocenters. The fraction of sp³-hybridized carbons (Fsp3) is 0. The minimum atomic E-state index is -0.718. The van der Waals surface area contributed by atoms with Crippen molar-refractivity contribution in [1.82, 2.24) is 0 Å². The molecule has 32 heavy (non-hydrogen) atoms. The third-order valence-electron chi connectivity index (χ3n) is 4.63. The van der Waals surface area contributed by atoms with E-state index in [1.165, 1.54) is 12.1 Å². The van der Waals surface area contributed by atoms with E-state index in [1.54, 1.807) is 48.5 Å². The number of nitrogens with zero attached hydrogens (tertiary/aromatic N) is 1. The Morgan fingerprint density at radius 3 is 2.00 bits per heavy atom. The van der Waals surface area contributed by atoms with Crippen LogP contribution in [0.2, 0.25) is 5.02 Å². The van der Waals surface area contributed by atoms with Crippen molar-refractivity contribution in [3.05, 3.63) is 99.9 Å². The number of rotatable bonds is 5. The van der Waals surface area contributed by atoms with Gasteiger partial charge in [-0.25, -0.2) is 9.29 Å². The summed E-state index contributed by atoms with van der Waals surface area (Å²) in [4.78, 5) is 38.5. The Morgan fingerprint density at radius 1 is 0.781 bits per heavy atom. The molecule has 0 aliphatic carbocycles. The van der Waals surface area contributed by atoms with E-state index in [9.17, 15) is 18.8 Å².